The molecule has 22 heavy (non-hydrogen) atoms. The van der Waals surface area contributed by atoms with Crippen molar-refractivity contribution in [3.8, 4) is 17.6 Å². The van der Waals surface area contributed by atoms with Gasteiger partial charge in [-0.15, -0.1) is 0 Å². The van der Waals surface area contributed by atoms with Crippen molar-refractivity contribution in [1.82, 2.24) is 5.32 Å². The minimum Gasteiger partial charge on any atom is -0.493 e. The number of hydrogen-bond donors (Lipinski definition) is 1. The van der Waals surface area contributed by atoms with E-state index in [1.165, 1.54) is 13.2 Å². The SMILES string of the molecule is CCOc1cc(Br)c(/C=C(/C#N)C(=O)NC(C)C)cc1OC. The lowest BCUT2D eigenvalue weighted by atomic mass is 10.1. The molecule has 0 aliphatic rings. The van der Waals surface area contributed by atoms with Crippen LogP contribution in [0.4, 0.5) is 0 Å². The highest BCUT2D eigenvalue weighted by Crippen LogP contribution is 2.34. The van der Waals surface area contributed by atoms with Crippen LogP contribution in [0, 0.1) is 11.3 Å². The molecule has 6 heteroatoms. The summed E-state index contributed by atoms with van der Waals surface area (Å²) in [6.45, 7) is 6.06. The van der Waals surface area contributed by atoms with E-state index in [2.05, 4.69) is 21.2 Å². The quantitative estimate of drug-likeness (QED) is 0.619. The minimum atomic E-state index is -0.405. The standard InChI is InChI=1S/C16H19BrN2O3/c1-5-22-15-8-13(17)11(7-14(15)21-4)6-12(9-18)16(20)19-10(2)3/h6-8,10H,5H2,1-4H3,(H,19,20)/b12-6-. The molecule has 0 unspecified atom stereocenters. The van der Waals surface area contributed by atoms with E-state index in [0.717, 1.165) is 0 Å². The van der Waals surface area contributed by atoms with Crippen LogP contribution in [-0.2, 0) is 4.79 Å². The fourth-order valence-corrected chi connectivity index (χ4v) is 2.17. The molecule has 0 aliphatic heterocycles. The van der Waals surface area contributed by atoms with Crippen LogP contribution in [0.1, 0.15) is 26.3 Å². The molecule has 0 bridgehead atoms. The van der Waals surface area contributed by atoms with Crippen LogP contribution in [0.2, 0.25) is 0 Å². The highest BCUT2D eigenvalue weighted by Gasteiger charge is 2.13. The molecule has 0 saturated heterocycles. The maximum absolute atomic E-state index is 12.0. The summed E-state index contributed by atoms with van der Waals surface area (Å²) in [7, 11) is 1.54. The molecular weight excluding hydrogens is 348 g/mol. The molecule has 1 amide bonds. The minimum absolute atomic E-state index is 0.0283. The fraction of sp³-hybridized carbons (Fsp3) is 0.375. The second-order valence-corrected chi connectivity index (χ2v) is 5.61. The Hall–Kier alpha value is -2.00. The molecule has 1 rings (SSSR count). The number of nitriles is 1. The van der Waals surface area contributed by atoms with Gasteiger partial charge in [0.15, 0.2) is 11.5 Å². The molecule has 0 radical (unpaired) electrons. The number of halogens is 1. The lowest BCUT2D eigenvalue weighted by Crippen LogP contribution is -2.30. The fourth-order valence-electron chi connectivity index (χ4n) is 1.73. The number of amides is 1. The molecule has 5 nitrogen and oxygen atoms in total. The molecule has 0 atom stereocenters. The number of methoxy groups -OCH3 is 1. The van der Waals surface area contributed by atoms with Gasteiger partial charge in [0, 0.05) is 10.5 Å². The zero-order valence-electron chi connectivity index (χ0n) is 13.1. The molecule has 0 spiro atoms. The number of nitrogens with one attached hydrogen (secondary N) is 1. The van der Waals surface area contributed by atoms with Crippen LogP contribution in [0.15, 0.2) is 22.2 Å². The van der Waals surface area contributed by atoms with Crippen molar-refractivity contribution in [3.63, 3.8) is 0 Å². The number of nitrogens with zero attached hydrogens (tertiary/aromatic N) is 1. The van der Waals surface area contributed by atoms with E-state index in [1.807, 2.05) is 26.8 Å². The monoisotopic (exact) mass is 366 g/mol. The summed E-state index contributed by atoms with van der Waals surface area (Å²) < 4.78 is 11.5. The molecule has 0 aromatic heterocycles. The van der Waals surface area contributed by atoms with Crippen molar-refractivity contribution < 1.29 is 14.3 Å². The van der Waals surface area contributed by atoms with E-state index in [1.54, 1.807) is 12.1 Å². The summed E-state index contributed by atoms with van der Waals surface area (Å²) in [5.41, 5.74) is 0.691. The van der Waals surface area contributed by atoms with Gasteiger partial charge in [-0.05, 0) is 44.5 Å². The van der Waals surface area contributed by atoms with E-state index in [9.17, 15) is 10.1 Å². The molecular formula is C16H19BrN2O3. The lowest BCUT2D eigenvalue weighted by molar-refractivity contribution is -0.117. The molecule has 1 aromatic rings. The second-order valence-electron chi connectivity index (χ2n) is 4.76. The summed E-state index contributed by atoms with van der Waals surface area (Å²) in [6.07, 6.45) is 1.51. The molecule has 118 valence electrons. The average molecular weight is 367 g/mol. The first kappa shape index (κ1) is 18.1. The Labute approximate surface area is 139 Å². The number of carbonyl (C=O) groups excluding carboxylic acids is 1. The number of rotatable bonds is 6. The lowest BCUT2D eigenvalue weighted by Gasteiger charge is -2.12. The predicted octanol–water partition coefficient (Wildman–Crippen LogP) is 3.29. The van der Waals surface area contributed by atoms with Gasteiger partial charge in [-0.1, -0.05) is 15.9 Å². The van der Waals surface area contributed by atoms with Gasteiger partial charge in [-0.2, -0.15) is 5.26 Å². The Kier molecular flexibility index (Phi) is 6.93. The molecule has 0 saturated carbocycles. The van der Waals surface area contributed by atoms with Crippen molar-refractivity contribution in [2.75, 3.05) is 13.7 Å². The summed E-state index contributed by atoms with van der Waals surface area (Å²) in [5, 5.41) is 11.9. The van der Waals surface area contributed by atoms with Gasteiger partial charge < -0.3 is 14.8 Å². The normalized spacial score (nSPS) is 11.0. The Morgan fingerprint density at radius 3 is 2.64 bits per heavy atom. The first-order chi connectivity index (χ1) is 10.4. The number of ether oxygens (including phenoxy) is 2. The van der Waals surface area contributed by atoms with E-state index in [-0.39, 0.29) is 11.6 Å². The van der Waals surface area contributed by atoms with Crippen molar-refractivity contribution in [2.24, 2.45) is 0 Å². The maximum Gasteiger partial charge on any atom is 0.262 e. The smallest absolute Gasteiger partial charge is 0.262 e. The molecule has 1 N–H and O–H groups in total. The van der Waals surface area contributed by atoms with Crippen LogP contribution in [-0.4, -0.2) is 25.7 Å². The summed E-state index contributed by atoms with van der Waals surface area (Å²) in [6, 6.07) is 5.35. The topological polar surface area (TPSA) is 71.3 Å². The van der Waals surface area contributed by atoms with Gasteiger partial charge in [0.25, 0.3) is 5.91 Å². The Balaban J connectivity index is 3.22. The van der Waals surface area contributed by atoms with Crippen molar-refractivity contribution >= 4 is 27.9 Å². The zero-order valence-corrected chi connectivity index (χ0v) is 14.7. The van der Waals surface area contributed by atoms with Gasteiger partial charge in [0.05, 0.1) is 13.7 Å². The van der Waals surface area contributed by atoms with Crippen LogP contribution >= 0.6 is 15.9 Å². The van der Waals surface area contributed by atoms with Gasteiger partial charge in [0.2, 0.25) is 0 Å². The van der Waals surface area contributed by atoms with Gasteiger partial charge >= 0.3 is 0 Å². The highest BCUT2D eigenvalue weighted by molar-refractivity contribution is 9.10. The van der Waals surface area contributed by atoms with Crippen LogP contribution < -0.4 is 14.8 Å². The summed E-state index contributed by atoms with van der Waals surface area (Å²) in [5.74, 6) is 0.731. The molecule has 1 aromatic carbocycles. The van der Waals surface area contributed by atoms with E-state index < -0.39 is 5.91 Å². The summed E-state index contributed by atoms with van der Waals surface area (Å²) >= 11 is 3.42. The Morgan fingerprint density at radius 2 is 2.14 bits per heavy atom. The van der Waals surface area contributed by atoms with Crippen LogP contribution in [0.25, 0.3) is 6.08 Å². The third-order valence-electron chi connectivity index (χ3n) is 2.67. The molecule has 0 heterocycles. The zero-order chi connectivity index (χ0) is 16.7. The van der Waals surface area contributed by atoms with Crippen LogP contribution in [0.3, 0.4) is 0 Å². The van der Waals surface area contributed by atoms with Gasteiger partial charge in [0.1, 0.15) is 11.6 Å². The van der Waals surface area contributed by atoms with Gasteiger partial charge in [-0.25, -0.2) is 0 Å². The first-order valence-corrected chi connectivity index (χ1v) is 7.65. The Morgan fingerprint density at radius 1 is 1.45 bits per heavy atom. The number of benzene rings is 1. The third-order valence-corrected chi connectivity index (χ3v) is 3.35. The molecule has 0 fully saturated rings. The predicted molar refractivity (Wildman–Crippen MR) is 88.7 cm³/mol. The largest absolute Gasteiger partial charge is 0.493 e. The van der Waals surface area contributed by atoms with Crippen molar-refractivity contribution in [1.29, 1.82) is 5.26 Å². The molecule has 0 aliphatic carbocycles. The van der Waals surface area contributed by atoms with Gasteiger partial charge in [-0.3, -0.25) is 4.79 Å². The second kappa shape index (κ2) is 8.44. The Bertz CT molecular complexity index is 619. The first-order valence-electron chi connectivity index (χ1n) is 6.85. The van der Waals surface area contributed by atoms with Crippen molar-refractivity contribution in [2.45, 2.75) is 26.8 Å². The van der Waals surface area contributed by atoms with Crippen LogP contribution in [0.5, 0.6) is 11.5 Å². The number of carbonyl (C=O) groups is 1. The van der Waals surface area contributed by atoms with E-state index in [4.69, 9.17) is 9.47 Å². The van der Waals surface area contributed by atoms with Crippen molar-refractivity contribution in [3.05, 3.63) is 27.7 Å². The average Bonchev–Trinajstić information content (AvgIpc) is 2.46. The maximum atomic E-state index is 12.0. The number of hydrogen-bond acceptors (Lipinski definition) is 4. The van der Waals surface area contributed by atoms with E-state index in [0.29, 0.717) is 28.1 Å². The van der Waals surface area contributed by atoms with E-state index >= 15 is 0 Å². The summed E-state index contributed by atoms with van der Waals surface area (Å²) in [4.78, 5) is 12.0. The highest BCUT2D eigenvalue weighted by atomic mass is 79.9. The third kappa shape index (κ3) is 4.78.